The normalized spacial score (nSPS) is 13.4. The van der Waals surface area contributed by atoms with E-state index in [0.717, 1.165) is 24.3 Å². The second-order valence-corrected chi connectivity index (χ2v) is 7.83. The van der Waals surface area contributed by atoms with Crippen LogP contribution in [0.2, 0.25) is 5.02 Å². The summed E-state index contributed by atoms with van der Waals surface area (Å²) in [5, 5.41) is 8.75. The third-order valence-electron chi connectivity index (χ3n) is 4.46. The lowest BCUT2D eigenvalue weighted by Crippen LogP contribution is -2.23. The zero-order chi connectivity index (χ0) is 17.9. The van der Waals surface area contributed by atoms with Crippen molar-refractivity contribution < 1.29 is 0 Å². The molecular weight excluding hydrogens is 368 g/mol. The minimum Gasteiger partial charge on any atom is -0.382 e. The highest BCUT2D eigenvalue weighted by Gasteiger charge is 2.15. The highest BCUT2D eigenvalue weighted by molar-refractivity contribution is 7.11. The average Bonchev–Trinajstić information content (AvgIpc) is 3.09. The SMILES string of the molecule is O=c1c(Cl)c(NCCc2nc3c(s2)CCCC3)cnn1-c1ccccc1. The van der Waals surface area contributed by atoms with Crippen molar-refractivity contribution in [3.05, 3.63) is 67.5 Å². The number of thiazole rings is 1. The van der Waals surface area contributed by atoms with Crippen LogP contribution in [0.3, 0.4) is 0 Å². The minimum atomic E-state index is -0.326. The van der Waals surface area contributed by atoms with Crippen LogP contribution in [0, 0.1) is 0 Å². The Labute approximate surface area is 160 Å². The Morgan fingerprint density at radius 1 is 1.19 bits per heavy atom. The van der Waals surface area contributed by atoms with Gasteiger partial charge in [-0.15, -0.1) is 11.3 Å². The second kappa shape index (κ2) is 7.60. The monoisotopic (exact) mass is 386 g/mol. The van der Waals surface area contributed by atoms with E-state index >= 15 is 0 Å². The first kappa shape index (κ1) is 17.2. The molecule has 0 spiro atoms. The number of rotatable bonds is 5. The summed E-state index contributed by atoms with van der Waals surface area (Å²) in [6.45, 7) is 0.669. The minimum absolute atomic E-state index is 0.155. The maximum atomic E-state index is 12.5. The molecule has 4 rings (SSSR count). The number of hydrogen-bond acceptors (Lipinski definition) is 5. The second-order valence-electron chi connectivity index (χ2n) is 6.29. The molecule has 134 valence electrons. The van der Waals surface area contributed by atoms with Crippen LogP contribution in [-0.4, -0.2) is 21.3 Å². The maximum absolute atomic E-state index is 12.5. The Morgan fingerprint density at radius 3 is 2.81 bits per heavy atom. The van der Waals surface area contributed by atoms with E-state index in [1.165, 1.54) is 28.1 Å². The largest absolute Gasteiger partial charge is 0.382 e. The fraction of sp³-hybridized carbons (Fsp3) is 0.316. The van der Waals surface area contributed by atoms with Crippen LogP contribution in [0.1, 0.15) is 28.4 Å². The maximum Gasteiger partial charge on any atom is 0.292 e. The Bertz CT molecular complexity index is 944. The van der Waals surface area contributed by atoms with Crippen LogP contribution in [0.15, 0.2) is 41.3 Å². The number of nitrogens with one attached hydrogen (secondary N) is 1. The number of hydrogen-bond donors (Lipinski definition) is 1. The van der Waals surface area contributed by atoms with Crippen LogP contribution in [0.25, 0.3) is 5.69 Å². The molecule has 0 fully saturated rings. The van der Waals surface area contributed by atoms with Crippen molar-refractivity contribution in [1.82, 2.24) is 14.8 Å². The van der Waals surface area contributed by atoms with Crippen molar-refractivity contribution in [3.63, 3.8) is 0 Å². The van der Waals surface area contributed by atoms with Gasteiger partial charge in [0.1, 0.15) is 5.02 Å². The molecule has 1 N–H and O–H groups in total. The van der Waals surface area contributed by atoms with Crippen LogP contribution < -0.4 is 10.9 Å². The summed E-state index contributed by atoms with van der Waals surface area (Å²) in [5.41, 5.74) is 2.21. The van der Waals surface area contributed by atoms with Crippen LogP contribution in [-0.2, 0) is 19.3 Å². The van der Waals surface area contributed by atoms with Gasteiger partial charge in [0.2, 0.25) is 0 Å². The van der Waals surface area contributed by atoms with Crippen molar-refractivity contribution in [3.8, 4) is 5.69 Å². The average molecular weight is 387 g/mol. The third-order valence-corrected chi connectivity index (χ3v) is 6.05. The van der Waals surface area contributed by atoms with Crippen LogP contribution >= 0.6 is 22.9 Å². The Balaban J connectivity index is 1.45. The van der Waals surface area contributed by atoms with Gasteiger partial charge in [-0.05, 0) is 37.8 Å². The van der Waals surface area contributed by atoms with E-state index < -0.39 is 0 Å². The van der Waals surface area contributed by atoms with E-state index in [4.69, 9.17) is 16.6 Å². The summed E-state index contributed by atoms with van der Waals surface area (Å²) < 4.78 is 1.31. The molecule has 0 atom stereocenters. The molecular formula is C19H19ClN4OS. The lowest BCUT2D eigenvalue weighted by Gasteiger charge is -2.09. The molecule has 0 unspecified atom stereocenters. The van der Waals surface area contributed by atoms with E-state index in [2.05, 4.69) is 10.4 Å². The van der Waals surface area contributed by atoms with Gasteiger partial charge in [-0.25, -0.2) is 4.98 Å². The number of aryl methyl sites for hydroxylation is 2. The van der Waals surface area contributed by atoms with Gasteiger partial charge in [0.15, 0.2) is 0 Å². The fourth-order valence-electron chi connectivity index (χ4n) is 3.13. The highest BCUT2D eigenvalue weighted by atomic mass is 35.5. The first-order valence-electron chi connectivity index (χ1n) is 8.77. The van der Waals surface area contributed by atoms with Gasteiger partial charge in [-0.3, -0.25) is 4.79 Å². The molecule has 0 radical (unpaired) electrons. The van der Waals surface area contributed by atoms with E-state index in [9.17, 15) is 4.79 Å². The fourth-order valence-corrected chi connectivity index (χ4v) is 4.48. The summed E-state index contributed by atoms with van der Waals surface area (Å²) in [5.74, 6) is 0. The number of nitrogens with zero attached hydrogens (tertiary/aromatic N) is 3. The van der Waals surface area contributed by atoms with E-state index in [0.29, 0.717) is 17.9 Å². The van der Waals surface area contributed by atoms with Crippen LogP contribution in [0.5, 0.6) is 0 Å². The van der Waals surface area contributed by atoms with Crippen molar-refractivity contribution in [2.75, 3.05) is 11.9 Å². The molecule has 2 heterocycles. The molecule has 0 amide bonds. The van der Waals surface area contributed by atoms with Gasteiger partial charge < -0.3 is 5.32 Å². The van der Waals surface area contributed by atoms with Gasteiger partial charge in [-0.1, -0.05) is 29.8 Å². The van der Waals surface area contributed by atoms with Gasteiger partial charge >= 0.3 is 0 Å². The molecule has 5 nitrogen and oxygen atoms in total. The van der Waals surface area contributed by atoms with Crippen molar-refractivity contribution in [1.29, 1.82) is 0 Å². The van der Waals surface area contributed by atoms with Crippen molar-refractivity contribution in [2.45, 2.75) is 32.1 Å². The van der Waals surface area contributed by atoms with Crippen molar-refractivity contribution in [2.24, 2.45) is 0 Å². The molecule has 0 saturated carbocycles. The lowest BCUT2D eigenvalue weighted by molar-refractivity contribution is 0.680. The predicted octanol–water partition coefficient (Wildman–Crippen LogP) is 3.88. The van der Waals surface area contributed by atoms with Gasteiger partial charge in [0.25, 0.3) is 5.56 Å². The first-order chi connectivity index (χ1) is 12.7. The molecule has 2 aromatic heterocycles. The molecule has 0 saturated heterocycles. The standard InChI is InChI=1S/C19H19ClN4OS/c20-18-15(12-22-24(19(18)25)13-6-2-1-3-7-13)21-11-10-17-23-14-8-4-5-9-16(14)26-17/h1-3,6-7,12,21H,4-5,8-11H2. The first-order valence-corrected chi connectivity index (χ1v) is 9.96. The number of aromatic nitrogens is 3. The number of halogens is 1. The quantitative estimate of drug-likeness (QED) is 0.723. The number of para-hydroxylation sites is 1. The van der Waals surface area contributed by atoms with Crippen molar-refractivity contribution >= 4 is 28.6 Å². The molecule has 3 aromatic rings. The summed E-state index contributed by atoms with van der Waals surface area (Å²) in [6, 6.07) is 9.25. The Morgan fingerprint density at radius 2 is 2.00 bits per heavy atom. The van der Waals surface area contributed by atoms with Gasteiger partial charge in [-0.2, -0.15) is 9.78 Å². The molecule has 7 heteroatoms. The number of benzene rings is 1. The Hall–Kier alpha value is -2.18. The topological polar surface area (TPSA) is 59.8 Å². The Kier molecular flexibility index (Phi) is 5.04. The smallest absolute Gasteiger partial charge is 0.292 e. The van der Waals surface area contributed by atoms with E-state index in [1.54, 1.807) is 6.20 Å². The van der Waals surface area contributed by atoms with E-state index in [-0.39, 0.29) is 10.6 Å². The van der Waals surface area contributed by atoms with Gasteiger partial charge in [0.05, 0.1) is 28.3 Å². The number of fused-ring (bicyclic) bond motifs is 1. The zero-order valence-corrected chi connectivity index (χ0v) is 15.8. The molecule has 1 aliphatic carbocycles. The summed E-state index contributed by atoms with van der Waals surface area (Å²) >= 11 is 8.08. The molecule has 1 aromatic carbocycles. The molecule has 26 heavy (non-hydrogen) atoms. The molecule has 0 bridgehead atoms. The predicted molar refractivity (Wildman–Crippen MR) is 106 cm³/mol. The highest BCUT2D eigenvalue weighted by Crippen LogP contribution is 2.27. The molecule has 0 aliphatic heterocycles. The van der Waals surface area contributed by atoms with Gasteiger partial charge in [0, 0.05) is 17.8 Å². The van der Waals surface area contributed by atoms with Crippen LogP contribution in [0.4, 0.5) is 5.69 Å². The van der Waals surface area contributed by atoms with E-state index in [1.807, 2.05) is 41.7 Å². The third kappa shape index (κ3) is 3.52. The summed E-state index contributed by atoms with van der Waals surface area (Å²) in [4.78, 5) is 18.7. The summed E-state index contributed by atoms with van der Waals surface area (Å²) in [6.07, 6.45) is 7.19. The zero-order valence-electron chi connectivity index (χ0n) is 14.2. The number of anilines is 1. The lowest BCUT2D eigenvalue weighted by atomic mass is 10.0. The molecule has 1 aliphatic rings. The summed E-state index contributed by atoms with van der Waals surface area (Å²) in [7, 11) is 0.